The Labute approximate surface area is 130 Å². The SMILES string of the molecule is CCCSC1=NC2C(C(=O)NC(=O)N2C)N1CCC(C)C. The second kappa shape index (κ2) is 6.68. The molecular weight excluding hydrogens is 288 g/mol. The van der Waals surface area contributed by atoms with E-state index in [-0.39, 0.29) is 18.0 Å². The van der Waals surface area contributed by atoms with Gasteiger partial charge in [-0.1, -0.05) is 32.5 Å². The molecule has 21 heavy (non-hydrogen) atoms. The molecule has 0 aliphatic carbocycles. The molecule has 1 fully saturated rings. The monoisotopic (exact) mass is 312 g/mol. The Kier molecular flexibility index (Phi) is 5.13. The van der Waals surface area contributed by atoms with Crippen LogP contribution >= 0.6 is 11.8 Å². The Bertz CT molecular complexity index is 452. The van der Waals surface area contributed by atoms with Crippen LogP contribution < -0.4 is 5.32 Å². The zero-order valence-corrected chi connectivity index (χ0v) is 13.9. The summed E-state index contributed by atoms with van der Waals surface area (Å²) in [6.07, 6.45) is 1.66. The molecule has 0 radical (unpaired) electrons. The predicted molar refractivity (Wildman–Crippen MR) is 85.2 cm³/mol. The van der Waals surface area contributed by atoms with Crippen LogP contribution in [0.25, 0.3) is 0 Å². The number of nitrogens with zero attached hydrogens (tertiary/aromatic N) is 3. The molecule has 2 rings (SSSR count). The minimum Gasteiger partial charge on any atom is -0.336 e. The zero-order chi connectivity index (χ0) is 15.6. The first-order valence-corrected chi connectivity index (χ1v) is 8.49. The van der Waals surface area contributed by atoms with Gasteiger partial charge in [-0.05, 0) is 18.8 Å². The van der Waals surface area contributed by atoms with Crippen molar-refractivity contribution in [1.82, 2.24) is 15.1 Å². The Morgan fingerprint density at radius 3 is 2.71 bits per heavy atom. The number of amidine groups is 1. The quantitative estimate of drug-likeness (QED) is 0.839. The number of urea groups is 1. The second-order valence-electron chi connectivity index (χ2n) is 5.90. The number of imide groups is 1. The lowest BCUT2D eigenvalue weighted by molar-refractivity contribution is -0.127. The van der Waals surface area contributed by atoms with Gasteiger partial charge in [-0.15, -0.1) is 0 Å². The van der Waals surface area contributed by atoms with Crippen LogP contribution in [0.3, 0.4) is 0 Å². The van der Waals surface area contributed by atoms with E-state index in [1.807, 2.05) is 0 Å². The van der Waals surface area contributed by atoms with Crippen molar-refractivity contribution in [1.29, 1.82) is 0 Å². The third-order valence-corrected chi connectivity index (χ3v) is 4.92. The van der Waals surface area contributed by atoms with Crippen LogP contribution in [0.1, 0.15) is 33.6 Å². The van der Waals surface area contributed by atoms with E-state index in [0.717, 1.165) is 30.3 Å². The Morgan fingerprint density at radius 1 is 1.38 bits per heavy atom. The van der Waals surface area contributed by atoms with Gasteiger partial charge in [-0.2, -0.15) is 0 Å². The van der Waals surface area contributed by atoms with Gasteiger partial charge in [0.1, 0.15) is 0 Å². The minimum absolute atomic E-state index is 0.234. The second-order valence-corrected chi connectivity index (χ2v) is 6.96. The number of thioether (sulfide) groups is 1. The number of rotatable bonds is 5. The Morgan fingerprint density at radius 2 is 2.10 bits per heavy atom. The highest BCUT2D eigenvalue weighted by atomic mass is 32.2. The highest BCUT2D eigenvalue weighted by Crippen LogP contribution is 2.29. The molecule has 0 aromatic rings. The van der Waals surface area contributed by atoms with Gasteiger partial charge in [0.2, 0.25) is 0 Å². The number of carbonyl (C=O) groups is 2. The van der Waals surface area contributed by atoms with Crippen LogP contribution in [-0.2, 0) is 4.79 Å². The van der Waals surface area contributed by atoms with Crippen molar-refractivity contribution < 1.29 is 9.59 Å². The smallest absolute Gasteiger partial charge is 0.325 e. The molecule has 0 aromatic carbocycles. The number of carbonyl (C=O) groups excluding carboxylic acids is 2. The largest absolute Gasteiger partial charge is 0.336 e. The van der Waals surface area contributed by atoms with E-state index in [4.69, 9.17) is 0 Å². The first-order valence-electron chi connectivity index (χ1n) is 7.50. The number of likely N-dealkylation sites (N-methyl/N-ethyl adjacent to an activating group) is 1. The molecule has 1 N–H and O–H groups in total. The average Bonchev–Trinajstić information content (AvgIpc) is 2.79. The van der Waals surface area contributed by atoms with Gasteiger partial charge in [0, 0.05) is 19.3 Å². The van der Waals surface area contributed by atoms with Crippen molar-refractivity contribution in [2.45, 2.75) is 45.8 Å². The fourth-order valence-corrected chi connectivity index (χ4v) is 3.39. The highest BCUT2D eigenvalue weighted by molar-refractivity contribution is 8.13. The summed E-state index contributed by atoms with van der Waals surface area (Å²) >= 11 is 1.67. The van der Waals surface area contributed by atoms with Gasteiger partial charge in [0.25, 0.3) is 5.91 Å². The maximum atomic E-state index is 12.2. The lowest BCUT2D eigenvalue weighted by atomic mass is 10.1. The van der Waals surface area contributed by atoms with Gasteiger partial charge in [-0.3, -0.25) is 10.1 Å². The number of fused-ring (bicyclic) bond motifs is 1. The van der Waals surface area contributed by atoms with Gasteiger partial charge in [0.05, 0.1) is 0 Å². The normalized spacial score (nSPS) is 25.3. The minimum atomic E-state index is -0.391. The molecule has 0 aromatic heterocycles. The topological polar surface area (TPSA) is 65.0 Å². The predicted octanol–water partition coefficient (Wildman–Crippen LogP) is 1.72. The molecule has 2 atom stereocenters. The van der Waals surface area contributed by atoms with E-state index < -0.39 is 6.17 Å². The summed E-state index contributed by atoms with van der Waals surface area (Å²) in [5.74, 6) is 1.30. The highest BCUT2D eigenvalue weighted by Gasteiger charge is 2.48. The molecule has 0 bridgehead atoms. The lowest BCUT2D eigenvalue weighted by Gasteiger charge is -2.36. The van der Waals surface area contributed by atoms with E-state index in [2.05, 4.69) is 36.0 Å². The van der Waals surface area contributed by atoms with Crippen molar-refractivity contribution in [3.63, 3.8) is 0 Å². The van der Waals surface area contributed by atoms with Crippen LogP contribution in [0.4, 0.5) is 4.79 Å². The first kappa shape index (κ1) is 16.1. The van der Waals surface area contributed by atoms with Gasteiger partial charge in [-0.25, -0.2) is 9.79 Å². The molecular formula is C14H24N4O2S. The number of hydrogen-bond donors (Lipinski definition) is 1. The lowest BCUT2D eigenvalue weighted by Crippen LogP contribution is -2.63. The average molecular weight is 312 g/mol. The van der Waals surface area contributed by atoms with Crippen molar-refractivity contribution in [2.75, 3.05) is 19.3 Å². The molecule has 6 nitrogen and oxygen atoms in total. The number of nitrogens with one attached hydrogen (secondary N) is 1. The van der Waals surface area contributed by atoms with E-state index in [1.54, 1.807) is 18.8 Å². The maximum absolute atomic E-state index is 12.2. The number of hydrogen-bond acceptors (Lipinski definition) is 5. The van der Waals surface area contributed by atoms with Crippen LogP contribution in [0.15, 0.2) is 4.99 Å². The van der Waals surface area contributed by atoms with Crippen LogP contribution in [-0.4, -0.2) is 58.5 Å². The molecule has 2 unspecified atom stereocenters. The molecule has 118 valence electrons. The van der Waals surface area contributed by atoms with E-state index in [1.165, 1.54) is 4.90 Å². The van der Waals surface area contributed by atoms with Gasteiger partial charge >= 0.3 is 6.03 Å². The third-order valence-electron chi connectivity index (χ3n) is 3.71. The fraction of sp³-hybridized carbons (Fsp3) is 0.786. The molecule has 0 saturated carbocycles. The summed E-state index contributed by atoms with van der Waals surface area (Å²) in [4.78, 5) is 32.2. The van der Waals surface area contributed by atoms with Gasteiger partial charge < -0.3 is 9.80 Å². The molecule has 2 aliphatic heterocycles. The zero-order valence-electron chi connectivity index (χ0n) is 13.1. The number of amides is 3. The van der Waals surface area contributed by atoms with E-state index in [0.29, 0.717) is 5.92 Å². The maximum Gasteiger partial charge on any atom is 0.325 e. The van der Waals surface area contributed by atoms with Gasteiger partial charge in [0.15, 0.2) is 17.4 Å². The van der Waals surface area contributed by atoms with E-state index >= 15 is 0 Å². The first-order chi connectivity index (χ1) is 9.95. The molecule has 3 amide bonds. The fourth-order valence-electron chi connectivity index (χ4n) is 2.45. The Hall–Kier alpha value is -1.24. The van der Waals surface area contributed by atoms with Crippen molar-refractivity contribution in [3.05, 3.63) is 0 Å². The molecule has 1 saturated heterocycles. The molecule has 2 heterocycles. The van der Waals surface area contributed by atoms with Crippen molar-refractivity contribution >= 4 is 28.9 Å². The van der Waals surface area contributed by atoms with Crippen LogP contribution in [0, 0.1) is 5.92 Å². The van der Waals surface area contributed by atoms with Crippen molar-refractivity contribution in [3.8, 4) is 0 Å². The summed E-state index contributed by atoms with van der Waals surface area (Å²) in [5, 5.41) is 3.31. The molecule has 7 heteroatoms. The van der Waals surface area contributed by atoms with Crippen LogP contribution in [0.5, 0.6) is 0 Å². The summed E-state index contributed by atoms with van der Waals surface area (Å²) in [6, 6.07) is -0.749. The summed E-state index contributed by atoms with van der Waals surface area (Å²) in [5.41, 5.74) is 0. The Balaban J connectivity index is 2.20. The summed E-state index contributed by atoms with van der Waals surface area (Å²) < 4.78 is 0. The third kappa shape index (κ3) is 3.33. The van der Waals surface area contributed by atoms with Crippen molar-refractivity contribution in [2.24, 2.45) is 10.9 Å². The standard InChI is InChI=1S/C14H24N4O2S/c1-5-8-21-14-15-11-10(18(14)7-6-9(2)3)12(19)16-13(20)17(11)4/h9-11H,5-8H2,1-4H3,(H,16,19,20). The molecule has 0 spiro atoms. The van der Waals surface area contributed by atoms with Crippen LogP contribution in [0.2, 0.25) is 0 Å². The molecule has 2 aliphatic rings. The summed E-state index contributed by atoms with van der Waals surface area (Å²) in [7, 11) is 1.69. The summed E-state index contributed by atoms with van der Waals surface area (Å²) in [6.45, 7) is 7.25. The number of aliphatic imine (C=N–C) groups is 1. The van der Waals surface area contributed by atoms with E-state index in [9.17, 15) is 9.59 Å².